The molecular formula is C34H35N3O2. The summed E-state index contributed by atoms with van der Waals surface area (Å²) in [4.78, 5) is 15.6. The molecule has 0 saturated carbocycles. The van der Waals surface area contributed by atoms with Crippen molar-refractivity contribution in [1.29, 1.82) is 5.26 Å². The van der Waals surface area contributed by atoms with Crippen molar-refractivity contribution in [2.75, 3.05) is 4.90 Å². The Morgan fingerprint density at radius 3 is 2.46 bits per heavy atom. The summed E-state index contributed by atoms with van der Waals surface area (Å²) in [6, 6.07) is 22.8. The molecule has 1 aliphatic heterocycles. The van der Waals surface area contributed by atoms with Crippen LogP contribution in [0, 0.1) is 32.1 Å². The van der Waals surface area contributed by atoms with Gasteiger partial charge in [0.2, 0.25) is 0 Å². The first-order valence-electron chi connectivity index (χ1n) is 13.7. The number of benzene rings is 3. The monoisotopic (exact) mass is 517 g/mol. The summed E-state index contributed by atoms with van der Waals surface area (Å²) in [5, 5.41) is 10.5. The average Bonchev–Trinajstić information content (AvgIpc) is 2.93. The Morgan fingerprint density at radius 1 is 1.00 bits per heavy atom. The van der Waals surface area contributed by atoms with E-state index >= 15 is 0 Å². The average molecular weight is 518 g/mol. The number of Topliss-reactive ketones (excluding diaryl/α,β-unsaturated/α-hetero) is 1. The number of nitrogens with two attached hydrogens (primary N) is 1. The number of ether oxygens (including phenoxy) is 1. The van der Waals surface area contributed by atoms with Crippen LogP contribution in [0.15, 0.2) is 83.3 Å². The Balaban J connectivity index is 1.64. The molecule has 0 aromatic heterocycles. The molecule has 1 atom stereocenters. The number of nitrogens with zero attached hydrogens (tertiary/aromatic N) is 2. The van der Waals surface area contributed by atoms with Gasteiger partial charge in [0.25, 0.3) is 0 Å². The molecule has 3 aromatic carbocycles. The van der Waals surface area contributed by atoms with Gasteiger partial charge in [-0.1, -0.05) is 55.0 Å². The number of allylic oxidation sites excluding steroid dienone is 3. The molecule has 0 spiro atoms. The van der Waals surface area contributed by atoms with Crippen molar-refractivity contribution in [3.05, 3.63) is 117 Å². The summed E-state index contributed by atoms with van der Waals surface area (Å²) in [7, 11) is 0. The van der Waals surface area contributed by atoms with Gasteiger partial charge >= 0.3 is 0 Å². The van der Waals surface area contributed by atoms with Crippen LogP contribution < -0.4 is 15.4 Å². The number of anilines is 1. The zero-order valence-electron chi connectivity index (χ0n) is 23.2. The van der Waals surface area contributed by atoms with E-state index in [0.29, 0.717) is 30.0 Å². The summed E-state index contributed by atoms with van der Waals surface area (Å²) in [6.07, 6.45) is 2.81. The molecule has 2 aliphatic rings. The fourth-order valence-corrected chi connectivity index (χ4v) is 5.88. The van der Waals surface area contributed by atoms with Crippen molar-refractivity contribution < 1.29 is 9.53 Å². The first kappa shape index (κ1) is 26.3. The van der Waals surface area contributed by atoms with Gasteiger partial charge in [-0.3, -0.25) is 9.69 Å². The number of hydrogen-bond donors (Lipinski definition) is 1. The van der Waals surface area contributed by atoms with E-state index in [0.717, 1.165) is 64.2 Å². The largest absolute Gasteiger partial charge is 0.489 e. The Bertz CT molecular complexity index is 1540. The molecule has 198 valence electrons. The smallest absolute Gasteiger partial charge is 0.161 e. The second-order valence-electron chi connectivity index (χ2n) is 10.5. The van der Waals surface area contributed by atoms with Gasteiger partial charge in [-0.25, -0.2) is 0 Å². The first-order chi connectivity index (χ1) is 18.8. The summed E-state index contributed by atoms with van der Waals surface area (Å²) < 4.78 is 6.12. The number of rotatable bonds is 6. The zero-order valence-corrected chi connectivity index (χ0v) is 23.2. The van der Waals surface area contributed by atoms with Gasteiger partial charge < -0.3 is 10.5 Å². The topological polar surface area (TPSA) is 79.3 Å². The van der Waals surface area contributed by atoms with Crippen molar-refractivity contribution in [2.24, 2.45) is 5.73 Å². The van der Waals surface area contributed by atoms with Gasteiger partial charge in [0.05, 0.1) is 23.2 Å². The maximum absolute atomic E-state index is 13.6. The van der Waals surface area contributed by atoms with E-state index in [1.807, 2.05) is 61.2 Å². The third-order valence-electron chi connectivity index (χ3n) is 7.98. The standard InChI is InChI=1S/C34H35N3O2/c1-5-24-9-6-7-10-29(24)37-30-11-8-12-31(38)33(30)32(28(19-35)34(37)36)27-18-25(22(3)17-23(27)4)20-39-26-15-13-21(2)14-16-26/h6-7,9-10,13-18,32H,5,8,11-12,20,36H2,1-4H3. The maximum atomic E-state index is 13.6. The number of hydrogen-bond acceptors (Lipinski definition) is 5. The molecule has 1 aliphatic carbocycles. The molecule has 2 N–H and O–H groups in total. The minimum Gasteiger partial charge on any atom is -0.489 e. The lowest BCUT2D eigenvalue weighted by Gasteiger charge is -2.40. The minimum atomic E-state index is -0.499. The van der Waals surface area contributed by atoms with E-state index in [4.69, 9.17) is 10.5 Å². The van der Waals surface area contributed by atoms with Crippen LogP contribution in [-0.2, 0) is 17.8 Å². The summed E-state index contributed by atoms with van der Waals surface area (Å²) in [6.45, 7) is 8.67. The Morgan fingerprint density at radius 2 is 1.74 bits per heavy atom. The number of nitriles is 1. The number of para-hydroxylation sites is 1. The third-order valence-corrected chi connectivity index (χ3v) is 7.98. The lowest BCUT2D eigenvalue weighted by Crippen LogP contribution is -2.39. The summed E-state index contributed by atoms with van der Waals surface area (Å²) in [5.41, 5.74) is 16.3. The quantitative estimate of drug-likeness (QED) is 0.379. The minimum absolute atomic E-state index is 0.0953. The molecule has 1 unspecified atom stereocenters. The Kier molecular flexibility index (Phi) is 7.30. The highest BCUT2D eigenvalue weighted by atomic mass is 16.5. The molecule has 0 bridgehead atoms. The SMILES string of the molecule is CCc1ccccc1N1C(N)=C(C#N)C(c2cc(COc3ccc(C)cc3)c(C)cc2C)C2=C1CCCC2=O. The van der Waals surface area contributed by atoms with Gasteiger partial charge in [-0.15, -0.1) is 0 Å². The highest BCUT2D eigenvalue weighted by Gasteiger charge is 2.41. The van der Waals surface area contributed by atoms with Gasteiger partial charge in [0, 0.05) is 17.7 Å². The van der Waals surface area contributed by atoms with E-state index in [1.54, 1.807) is 0 Å². The second-order valence-corrected chi connectivity index (χ2v) is 10.5. The van der Waals surface area contributed by atoms with Crippen molar-refractivity contribution in [1.82, 2.24) is 0 Å². The van der Waals surface area contributed by atoms with Crippen LogP contribution in [-0.4, -0.2) is 5.78 Å². The molecule has 39 heavy (non-hydrogen) atoms. The molecule has 5 nitrogen and oxygen atoms in total. The van der Waals surface area contributed by atoms with Crippen LogP contribution >= 0.6 is 0 Å². The van der Waals surface area contributed by atoms with E-state index in [9.17, 15) is 10.1 Å². The van der Waals surface area contributed by atoms with Gasteiger partial charge in [0.1, 0.15) is 18.2 Å². The highest BCUT2D eigenvalue weighted by Crippen LogP contribution is 2.47. The number of aryl methyl sites for hydroxylation is 4. The third kappa shape index (κ3) is 4.83. The van der Waals surface area contributed by atoms with Crippen molar-refractivity contribution >= 4 is 11.5 Å². The molecule has 3 aromatic rings. The lowest BCUT2D eigenvalue weighted by molar-refractivity contribution is -0.116. The van der Waals surface area contributed by atoms with E-state index in [2.05, 4.69) is 38.1 Å². The van der Waals surface area contributed by atoms with Crippen LogP contribution in [0.1, 0.15) is 65.5 Å². The van der Waals surface area contributed by atoms with Crippen molar-refractivity contribution in [3.63, 3.8) is 0 Å². The lowest BCUT2D eigenvalue weighted by atomic mass is 9.74. The predicted octanol–water partition coefficient (Wildman–Crippen LogP) is 7.06. The summed E-state index contributed by atoms with van der Waals surface area (Å²) >= 11 is 0. The molecule has 1 heterocycles. The number of ketones is 1. The van der Waals surface area contributed by atoms with Crippen LogP contribution in [0.4, 0.5) is 5.69 Å². The second kappa shape index (κ2) is 10.8. The first-order valence-corrected chi connectivity index (χ1v) is 13.7. The van der Waals surface area contributed by atoms with Crippen LogP contribution in [0.2, 0.25) is 0 Å². The van der Waals surface area contributed by atoms with Gasteiger partial charge in [0.15, 0.2) is 5.78 Å². The highest BCUT2D eigenvalue weighted by molar-refractivity contribution is 6.01. The van der Waals surface area contributed by atoms with Crippen LogP contribution in [0.25, 0.3) is 0 Å². The van der Waals surface area contributed by atoms with Gasteiger partial charge in [-0.2, -0.15) is 5.26 Å². The van der Waals surface area contributed by atoms with Crippen LogP contribution in [0.3, 0.4) is 0 Å². The fourth-order valence-electron chi connectivity index (χ4n) is 5.88. The molecular weight excluding hydrogens is 482 g/mol. The predicted molar refractivity (Wildman–Crippen MR) is 155 cm³/mol. The van der Waals surface area contributed by atoms with Crippen LogP contribution in [0.5, 0.6) is 5.75 Å². The maximum Gasteiger partial charge on any atom is 0.161 e. The van der Waals surface area contributed by atoms with E-state index in [-0.39, 0.29) is 5.78 Å². The van der Waals surface area contributed by atoms with Crippen molar-refractivity contribution in [3.8, 4) is 11.8 Å². The molecule has 5 heteroatoms. The zero-order chi connectivity index (χ0) is 27.7. The van der Waals surface area contributed by atoms with Gasteiger partial charge in [-0.05, 0) is 86.1 Å². The summed E-state index contributed by atoms with van der Waals surface area (Å²) in [5.74, 6) is 0.813. The number of carbonyl (C=O) groups is 1. The molecule has 0 fully saturated rings. The number of carbonyl (C=O) groups excluding carboxylic acids is 1. The normalized spacial score (nSPS) is 17.3. The Hall–Kier alpha value is -4.30. The molecule has 0 radical (unpaired) electrons. The van der Waals surface area contributed by atoms with Crippen molar-refractivity contribution in [2.45, 2.75) is 65.9 Å². The molecule has 0 amide bonds. The molecule has 0 saturated heterocycles. The Labute approximate surface area is 231 Å². The molecule has 5 rings (SSSR count). The van der Waals surface area contributed by atoms with E-state index < -0.39 is 5.92 Å². The fraction of sp³-hybridized carbons (Fsp3) is 0.294. The van der Waals surface area contributed by atoms with E-state index in [1.165, 1.54) is 5.56 Å².